The van der Waals surface area contributed by atoms with E-state index in [4.69, 9.17) is 4.74 Å². The molecule has 0 aromatic heterocycles. The molecule has 3 nitrogen and oxygen atoms in total. The predicted octanol–water partition coefficient (Wildman–Crippen LogP) is 4.15. The van der Waals surface area contributed by atoms with Crippen LogP contribution in [0, 0.1) is 0 Å². The molecule has 23 heavy (non-hydrogen) atoms. The SMILES string of the molecule is COc1cc(CNC(C)c2ccccc2)ccc1N1CCCC1. The Morgan fingerprint density at radius 3 is 2.52 bits per heavy atom. The molecule has 1 fully saturated rings. The second kappa shape index (κ2) is 7.51. The summed E-state index contributed by atoms with van der Waals surface area (Å²) < 4.78 is 5.62. The van der Waals surface area contributed by atoms with E-state index in [0.717, 1.165) is 25.4 Å². The van der Waals surface area contributed by atoms with Gasteiger partial charge in [-0.25, -0.2) is 0 Å². The lowest BCUT2D eigenvalue weighted by atomic mass is 10.1. The van der Waals surface area contributed by atoms with Crippen LogP contribution in [0.3, 0.4) is 0 Å². The lowest BCUT2D eigenvalue weighted by Gasteiger charge is -2.21. The maximum absolute atomic E-state index is 5.62. The molecule has 0 radical (unpaired) electrons. The smallest absolute Gasteiger partial charge is 0.142 e. The summed E-state index contributed by atoms with van der Waals surface area (Å²) in [6.45, 7) is 5.32. The second-order valence-electron chi connectivity index (χ2n) is 6.21. The normalized spacial score (nSPS) is 15.7. The van der Waals surface area contributed by atoms with Crippen molar-refractivity contribution < 1.29 is 4.74 Å². The Kier molecular flexibility index (Phi) is 5.19. The Balaban J connectivity index is 1.66. The van der Waals surface area contributed by atoms with Gasteiger partial charge in [-0.15, -0.1) is 0 Å². The van der Waals surface area contributed by atoms with Gasteiger partial charge in [0.25, 0.3) is 0 Å². The standard InChI is InChI=1S/C20H26N2O/c1-16(18-8-4-3-5-9-18)21-15-17-10-11-19(20(14-17)23-2)22-12-6-7-13-22/h3-5,8-11,14,16,21H,6-7,12-13,15H2,1-2H3. The summed E-state index contributed by atoms with van der Waals surface area (Å²) in [6.07, 6.45) is 2.56. The van der Waals surface area contributed by atoms with E-state index in [2.05, 4.69) is 65.7 Å². The van der Waals surface area contributed by atoms with Gasteiger partial charge < -0.3 is 15.0 Å². The molecule has 2 aromatic carbocycles. The monoisotopic (exact) mass is 310 g/mol. The molecule has 1 atom stereocenters. The topological polar surface area (TPSA) is 24.5 Å². The summed E-state index contributed by atoms with van der Waals surface area (Å²) in [6, 6.07) is 17.5. The summed E-state index contributed by atoms with van der Waals surface area (Å²) in [5.41, 5.74) is 3.80. The van der Waals surface area contributed by atoms with Crippen LogP contribution in [-0.2, 0) is 6.54 Å². The number of ether oxygens (including phenoxy) is 1. The van der Waals surface area contributed by atoms with Crippen LogP contribution in [0.5, 0.6) is 5.75 Å². The molecule has 1 heterocycles. The molecule has 3 rings (SSSR count). The lowest BCUT2D eigenvalue weighted by molar-refractivity contribution is 0.414. The first kappa shape index (κ1) is 15.9. The minimum absolute atomic E-state index is 0.334. The summed E-state index contributed by atoms with van der Waals surface area (Å²) >= 11 is 0. The number of rotatable bonds is 6. The van der Waals surface area contributed by atoms with Crippen LogP contribution in [0.4, 0.5) is 5.69 Å². The predicted molar refractivity (Wildman–Crippen MR) is 96.1 cm³/mol. The van der Waals surface area contributed by atoms with Gasteiger partial charge in [-0.05, 0) is 43.0 Å². The first-order valence-corrected chi connectivity index (χ1v) is 8.48. The van der Waals surface area contributed by atoms with Crippen LogP contribution in [0.1, 0.15) is 36.9 Å². The van der Waals surface area contributed by atoms with Crippen LogP contribution in [0.2, 0.25) is 0 Å². The van der Waals surface area contributed by atoms with E-state index in [1.54, 1.807) is 7.11 Å². The largest absolute Gasteiger partial charge is 0.495 e. The van der Waals surface area contributed by atoms with Crippen molar-refractivity contribution in [2.75, 3.05) is 25.1 Å². The average Bonchev–Trinajstić information content (AvgIpc) is 3.14. The molecule has 1 aliphatic heterocycles. The van der Waals surface area contributed by atoms with E-state index in [9.17, 15) is 0 Å². The fourth-order valence-electron chi connectivity index (χ4n) is 3.18. The van der Waals surface area contributed by atoms with Crippen molar-refractivity contribution in [2.45, 2.75) is 32.4 Å². The number of nitrogens with one attached hydrogen (secondary N) is 1. The van der Waals surface area contributed by atoms with Crippen molar-refractivity contribution in [3.8, 4) is 5.75 Å². The molecule has 3 heteroatoms. The molecule has 1 unspecified atom stereocenters. The van der Waals surface area contributed by atoms with Gasteiger partial charge in [-0.2, -0.15) is 0 Å². The van der Waals surface area contributed by atoms with Crippen LogP contribution >= 0.6 is 0 Å². The van der Waals surface area contributed by atoms with Crippen LogP contribution < -0.4 is 15.0 Å². The molecule has 0 amide bonds. The molecule has 0 spiro atoms. The zero-order chi connectivity index (χ0) is 16.1. The maximum Gasteiger partial charge on any atom is 0.142 e. The van der Waals surface area contributed by atoms with E-state index >= 15 is 0 Å². The van der Waals surface area contributed by atoms with Gasteiger partial charge >= 0.3 is 0 Å². The van der Waals surface area contributed by atoms with E-state index in [1.165, 1.54) is 29.7 Å². The molecule has 122 valence electrons. The van der Waals surface area contributed by atoms with Crippen LogP contribution in [0.25, 0.3) is 0 Å². The minimum Gasteiger partial charge on any atom is -0.495 e. The van der Waals surface area contributed by atoms with Crippen LogP contribution in [0.15, 0.2) is 48.5 Å². The molecule has 0 saturated carbocycles. The fourth-order valence-corrected chi connectivity index (χ4v) is 3.18. The zero-order valence-corrected chi connectivity index (χ0v) is 14.1. The number of benzene rings is 2. The van der Waals surface area contributed by atoms with E-state index in [-0.39, 0.29) is 0 Å². The third-order valence-electron chi connectivity index (χ3n) is 4.60. The van der Waals surface area contributed by atoms with Crippen LogP contribution in [-0.4, -0.2) is 20.2 Å². The van der Waals surface area contributed by atoms with Crippen molar-refractivity contribution in [3.05, 3.63) is 59.7 Å². The Labute approximate surface area is 139 Å². The van der Waals surface area contributed by atoms with Gasteiger partial charge in [-0.1, -0.05) is 36.4 Å². The number of anilines is 1. The number of methoxy groups -OCH3 is 1. The van der Waals surface area contributed by atoms with Crippen molar-refractivity contribution in [3.63, 3.8) is 0 Å². The molecular weight excluding hydrogens is 284 g/mol. The molecule has 0 aliphatic carbocycles. The van der Waals surface area contributed by atoms with Crippen molar-refractivity contribution in [1.29, 1.82) is 0 Å². The number of hydrogen-bond donors (Lipinski definition) is 1. The Hall–Kier alpha value is -2.00. The van der Waals surface area contributed by atoms with Gasteiger partial charge in [0.15, 0.2) is 0 Å². The number of hydrogen-bond acceptors (Lipinski definition) is 3. The van der Waals surface area contributed by atoms with Gasteiger partial charge in [-0.3, -0.25) is 0 Å². The van der Waals surface area contributed by atoms with E-state index in [0.29, 0.717) is 6.04 Å². The molecule has 0 bridgehead atoms. The van der Waals surface area contributed by atoms with Crippen molar-refractivity contribution in [2.24, 2.45) is 0 Å². The zero-order valence-electron chi connectivity index (χ0n) is 14.1. The highest BCUT2D eigenvalue weighted by atomic mass is 16.5. The highest BCUT2D eigenvalue weighted by molar-refractivity contribution is 5.60. The van der Waals surface area contributed by atoms with Crippen molar-refractivity contribution >= 4 is 5.69 Å². The van der Waals surface area contributed by atoms with Gasteiger partial charge in [0.1, 0.15) is 5.75 Å². The highest BCUT2D eigenvalue weighted by Gasteiger charge is 2.16. The lowest BCUT2D eigenvalue weighted by Crippen LogP contribution is -2.20. The molecular formula is C20H26N2O. The molecule has 1 aliphatic rings. The van der Waals surface area contributed by atoms with Gasteiger partial charge in [0.2, 0.25) is 0 Å². The second-order valence-corrected chi connectivity index (χ2v) is 6.21. The Bertz CT molecular complexity index is 621. The number of nitrogens with zero attached hydrogens (tertiary/aromatic N) is 1. The minimum atomic E-state index is 0.334. The summed E-state index contributed by atoms with van der Waals surface area (Å²) in [5.74, 6) is 0.985. The van der Waals surface area contributed by atoms with Crippen molar-refractivity contribution in [1.82, 2.24) is 5.32 Å². The third-order valence-corrected chi connectivity index (χ3v) is 4.60. The Morgan fingerprint density at radius 2 is 1.83 bits per heavy atom. The first-order chi connectivity index (χ1) is 11.3. The first-order valence-electron chi connectivity index (χ1n) is 8.48. The van der Waals surface area contributed by atoms with E-state index in [1.807, 2.05) is 0 Å². The Morgan fingerprint density at radius 1 is 1.09 bits per heavy atom. The highest BCUT2D eigenvalue weighted by Crippen LogP contribution is 2.31. The third kappa shape index (κ3) is 3.85. The average molecular weight is 310 g/mol. The van der Waals surface area contributed by atoms with Gasteiger partial charge in [0.05, 0.1) is 12.8 Å². The summed E-state index contributed by atoms with van der Waals surface area (Å²) in [4.78, 5) is 2.42. The quantitative estimate of drug-likeness (QED) is 0.867. The fraction of sp³-hybridized carbons (Fsp3) is 0.400. The maximum atomic E-state index is 5.62. The van der Waals surface area contributed by atoms with Gasteiger partial charge in [0, 0.05) is 25.7 Å². The summed E-state index contributed by atoms with van der Waals surface area (Å²) in [5, 5.41) is 3.59. The molecule has 2 aromatic rings. The summed E-state index contributed by atoms with van der Waals surface area (Å²) in [7, 11) is 1.76. The van der Waals surface area contributed by atoms with E-state index < -0.39 is 0 Å². The molecule has 1 N–H and O–H groups in total. The molecule has 1 saturated heterocycles.